The summed E-state index contributed by atoms with van der Waals surface area (Å²) in [7, 11) is 0. The van der Waals surface area contributed by atoms with Crippen molar-refractivity contribution in [3.05, 3.63) is 0 Å². The third kappa shape index (κ3) is 5.32. The van der Waals surface area contributed by atoms with Crippen LogP contribution in [0.15, 0.2) is 0 Å². The summed E-state index contributed by atoms with van der Waals surface area (Å²) in [5.74, 6) is -1.47. The minimum absolute atomic E-state index is 0. The standard InChI is InChI=1S/C7H12O8.Na.H/c8-1-3(10)4(11)5(12)6(13)7(14)15-2-9;;/h2-6,8,10-13H,1H2;;/q;+1;-1/t3-,4-,5+,6-;;/m1../s1. The zero-order valence-electron chi connectivity index (χ0n) is 9.55. The smallest absolute Gasteiger partial charge is 1.00 e. The van der Waals surface area contributed by atoms with Crippen molar-refractivity contribution in [1.29, 1.82) is 0 Å². The predicted molar refractivity (Wildman–Crippen MR) is 44.4 cm³/mol. The van der Waals surface area contributed by atoms with Crippen molar-refractivity contribution in [3.63, 3.8) is 0 Å². The maximum atomic E-state index is 10.7. The van der Waals surface area contributed by atoms with Gasteiger partial charge in [-0.3, -0.25) is 4.79 Å². The number of esters is 1. The number of hydrogen-bond donors (Lipinski definition) is 5. The Morgan fingerprint density at radius 1 is 1.25 bits per heavy atom. The van der Waals surface area contributed by atoms with Crippen molar-refractivity contribution in [3.8, 4) is 0 Å². The van der Waals surface area contributed by atoms with Gasteiger partial charge in [0.1, 0.15) is 18.3 Å². The Balaban J connectivity index is -0.000000980. The van der Waals surface area contributed by atoms with Crippen LogP contribution in [0.4, 0.5) is 0 Å². The molecule has 0 fully saturated rings. The molecule has 16 heavy (non-hydrogen) atoms. The molecule has 0 radical (unpaired) electrons. The maximum Gasteiger partial charge on any atom is 1.00 e. The Kier molecular flexibility index (Phi) is 10.3. The van der Waals surface area contributed by atoms with Crippen molar-refractivity contribution < 1.29 is 70.8 Å². The Labute approximate surface area is 114 Å². The average Bonchev–Trinajstić information content (AvgIpc) is 2.25. The number of rotatable bonds is 6. The summed E-state index contributed by atoms with van der Waals surface area (Å²) in [6.07, 6.45) is -7.92. The van der Waals surface area contributed by atoms with Crippen LogP contribution in [-0.2, 0) is 14.3 Å². The maximum absolute atomic E-state index is 10.7. The molecule has 0 aromatic rings. The van der Waals surface area contributed by atoms with Crippen LogP contribution >= 0.6 is 0 Å². The van der Waals surface area contributed by atoms with E-state index >= 15 is 0 Å². The van der Waals surface area contributed by atoms with E-state index in [2.05, 4.69) is 4.74 Å². The molecule has 0 amide bonds. The van der Waals surface area contributed by atoms with E-state index in [1.54, 1.807) is 0 Å². The van der Waals surface area contributed by atoms with E-state index in [4.69, 9.17) is 25.5 Å². The van der Waals surface area contributed by atoms with Crippen LogP contribution in [0.2, 0.25) is 0 Å². The molecule has 0 spiro atoms. The SMILES string of the molecule is O=COC(=O)[C@H](O)[C@@H](O)[C@H](O)[C@H](O)CO.[H-].[Na+]. The van der Waals surface area contributed by atoms with Crippen molar-refractivity contribution >= 4 is 12.4 Å². The number of aliphatic hydroxyl groups is 5. The minimum Gasteiger partial charge on any atom is -1.00 e. The number of carbonyl (C=O) groups is 2. The Morgan fingerprint density at radius 3 is 2.12 bits per heavy atom. The van der Waals surface area contributed by atoms with E-state index in [0.29, 0.717) is 0 Å². The van der Waals surface area contributed by atoms with Gasteiger partial charge in [0.2, 0.25) is 0 Å². The molecule has 0 saturated heterocycles. The van der Waals surface area contributed by atoms with Gasteiger partial charge in [0.05, 0.1) is 6.61 Å². The third-order valence-corrected chi connectivity index (χ3v) is 1.66. The predicted octanol–water partition coefficient (Wildman–Crippen LogP) is -6.76. The van der Waals surface area contributed by atoms with Gasteiger partial charge in [0.15, 0.2) is 6.10 Å². The second kappa shape index (κ2) is 9.02. The quantitative estimate of drug-likeness (QED) is 0.135. The van der Waals surface area contributed by atoms with E-state index in [9.17, 15) is 9.59 Å². The third-order valence-electron chi connectivity index (χ3n) is 1.66. The molecule has 0 aliphatic carbocycles. The summed E-state index contributed by atoms with van der Waals surface area (Å²) in [5.41, 5.74) is 0. The molecular formula is C7H13NaO8. The van der Waals surface area contributed by atoms with Crippen LogP contribution < -0.4 is 29.6 Å². The van der Waals surface area contributed by atoms with E-state index in [1.165, 1.54) is 0 Å². The van der Waals surface area contributed by atoms with Crippen LogP contribution in [0.5, 0.6) is 0 Å². The summed E-state index contributed by atoms with van der Waals surface area (Å²) >= 11 is 0. The molecular weight excluding hydrogens is 235 g/mol. The van der Waals surface area contributed by atoms with Crippen molar-refractivity contribution in [2.75, 3.05) is 6.61 Å². The number of ether oxygens (including phenoxy) is 1. The van der Waals surface area contributed by atoms with Crippen LogP contribution in [0.1, 0.15) is 1.43 Å². The van der Waals surface area contributed by atoms with Crippen molar-refractivity contribution in [2.24, 2.45) is 0 Å². The minimum atomic E-state index is -2.19. The molecule has 0 aromatic carbocycles. The molecule has 0 rings (SSSR count). The van der Waals surface area contributed by atoms with Crippen LogP contribution in [0, 0.1) is 0 Å². The summed E-state index contributed by atoms with van der Waals surface area (Å²) in [6, 6.07) is 0. The Bertz CT molecular complexity index is 228. The van der Waals surface area contributed by atoms with E-state index in [0.717, 1.165) is 0 Å². The van der Waals surface area contributed by atoms with Crippen LogP contribution in [0.3, 0.4) is 0 Å². The van der Waals surface area contributed by atoms with Gasteiger partial charge in [0.25, 0.3) is 0 Å². The Morgan fingerprint density at radius 2 is 1.75 bits per heavy atom. The van der Waals surface area contributed by atoms with Gasteiger partial charge in [-0.25, -0.2) is 4.79 Å². The van der Waals surface area contributed by atoms with Gasteiger partial charge in [-0.15, -0.1) is 0 Å². The number of carbonyl (C=O) groups excluding carboxylic acids is 2. The molecule has 9 heteroatoms. The summed E-state index contributed by atoms with van der Waals surface area (Å²) in [5, 5.41) is 44.4. The van der Waals surface area contributed by atoms with Crippen molar-refractivity contribution in [2.45, 2.75) is 24.4 Å². The van der Waals surface area contributed by atoms with Gasteiger partial charge in [-0.05, 0) is 0 Å². The van der Waals surface area contributed by atoms with Gasteiger partial charge in [-0.1, -0.05) is 0 Å². The largest absolute Gasteiger partial charge is 1.00 e. The van der Waals surface area contributed by atoms with Gasteiger partial charge in [-0.2, -0.15) is 0 Å². The van der Waals surface area contributed by atoms with E-state index in [1.807, 2.05) is 0 Å². The van der Waals surface area contributed by atoms with Crippen molar-refractivity contribution in [1.82, 2.24) is 0 Å². The molecule has 0 saturated carbocycles. The molecule has 0 aliphatic heterocycles. The monoisotopic (exact) mass is 248 g/mol. The molecule has 0 aromatic heterocycles. The van der Waals surface area contributed by atoms with Gasteiger partial charge in [0, 0.05) is 0 Å². The first-order chi connectivity index (χ1) is 6.95. The molecule has 90 valence electrons. The molecule has 4 atom stereocenters. The molecule has 0 heterocycles. The molecule has 0 aliphatic rings. The first kappa shape index (κ1) is 18.3. The van der Waals surface area contributed by atoms with Crippen LogP contribution in [-0.4, -0.2) is 69.0 Å². The zero-order chi connectivity index (χ0) is 12.0. The summed E-state index contributed by atoms with van der Waals surface area (Å²) in [4.78, 5) is 20.4. The number of aliphatic hydroxyl groups excluding tert-OH is 5. The topological polar surface area (TPSA) is 145 Å². The fraction of sp³-hybridized carbons (Fsp3) is 0.714. The molecule has 0 unspecified atom stereocenters. The first-order valence-electron chi connectivity index (χ1n) is 3.93. The second-order valence-electron chi connectivity index (χ2n) is 2.71. The molecule has 0 bridgehead atoms. The number of hydrogen-bond acceptors (Lipinski definition) is 8. The fourth-order valence-electron chi connectivity index (χ4n) is 0.779. The first-order valence-corrected chi connectivity index (χ1v) is 3.93. The molecule has 8 nitrogen and oxygen atoms in total. The van der Waals surface area contributed by atoms with Gasteiger partial charge < -0.3 is 31.7 Å². The normalized spacial score (nSPS) is 17.6. The summed E-state index contributed by atoms with van der Waals surface area (Å²) in [6.45, 7) is -1.12. The average molecular weight is 248 g/mol. The van der Waals surface area contributed by atoms with E-state index < -0.39 is 37.0 Å². The second-order valence-corrected chi connectivity index (χ2v) is 2.71. The van der Waals surface area contributed by atoms with Gasteiger partial charge >= 0.3 is 42.0 Å². The van der Waals surface area contributed by atoms with E-state index in [-0.39, 0.29) is 37.5 Å². The fourth-order valence-corrected chi connectivity index (χ4v) is 0.779. The molecule has 5 N–H and O–H groups in total. The van der Waals surface area contributed by atoms with Crippen LogP contribution in [0.25, 0.3) is 0 Å². The summed E-state index contributed by atoms with van der Waals surface area (Å²) < 4.78 is 3.70. The Hall–Kier alpha value is -0.0600. The zero-order valence-corrected chi connectivity index (χ0v) is 10.6.